The van der Waals surface area contributed by atoms with Gasteiger partial charge >= 0.3 is 0 Å². The minimum atomic E-state index is 0.159. The van der Waals surface area contributed by atoms with Crippen molar-refractivity contribution in [2.75, 3.05) is 13.7 Å². The van der Waals surface area contributed by atoms with Gasteiger partial charge in [-0.15, -0.1) is 0 Å². The van der Waals surface area contributed by atoms with Gasteiger partial charge in [-0.05, 0) is 56.4 Å². The largest absolute Gasteiger partial charge is 0.494 e. The zero-order chi connectivity index (χ0) is 16.2. The van der Waals surface area contributed by atoms with E-state index in [2.05, 4.69) is 11.8 Å². The molecular formula is C19H27NO3. The van der Waals surface area contributed by atoms with E-state index in [-0.39, 0.29) is 5.91 Å². The molecule has 2 heterocycles. The van der Waals surface area contributed by atoms with E-state index in [1.807, 2.05) is 24.3 Å². The Balaban J connectivity index is 1.64. The van der Waals surface area contributed by atoms with E-state index in [1.54, 1.807) is 7.11 Å². The number of carbonyl (C=O) groups is 1. The fourth-order valence-corrected chi connectivity index (χ4v) is 3.83. The first kappa shape index (κ1) is 16.3. The highest BCUT2D eigenvalue weighted by molar-refractivity contribution is 5.95. The molecular weight excluding hydrogens is 290 g/mol. The van der Waals surface area contributed by atoms with Crippen LogP contribution in [-0.2, 0) is 4.74 Å². The Morgan fingerprint density at radius 1 is 1.17 bits per heavy atom. The molecule has 0 saturated carbocycles. The van der Waals surface area contributed by atoms with Crippen LogP contribution in [-0.4, -0.2) is 42.7 Å². The SMILES string of the molecule is CCCCOc1ccc(C(=O)N2C3CCC2CC(OC)C3)cc1. The van der Waals surface area contributed by atoms with E-state index in [9.17, 15) is 4.79 Å². The van der Waals surface area contributed by atoms with E-state index in [4.69, 9.17) is 9.47 Å². The molecule has 126 valence electrons. The summed E-state index contributed by atoms with van der Waals surface area (Å²) in [5.41, 5.74) is 0.764. The first-order chi connectivity index (χ1) is 11.2. The second kappa shape index (κ2) is 7.35. The fraction of sp³-hybridized carbons (Fsp3) is 0.632. The molecule has 23 heavy (non-hydrogen) atoms. The van der Waals surface area contributed by atoms with Gasteiger partial charge in [-0.2, -0.15) is 0 Å². The number of nitrogens with zero attached hydrogens (tertiary/aromatic N) is 1. The lowest BCUT2D eigenvalue weighted by molar-refractivity contribution is 0.00822. The zero-order valence-corrected chi connectivity index (χ0v) is 14.2. The third kappa shape index (κ3) is 3.52. The number of fused-ring (bicyclic) bond motifs is 2. The summed E-state index contributed by atoms with van der Waals surface area (Å²) in [6, 6.07) is 8.29. The van der Waals surface area contributed by atoms with Crippen LogP contribution in [0.1, 0.15) is 55.8 Å². The molecule has 1 aromatic rings. The van der Waals surface area contributed by atoms with Crippen molar-refractivity contribution in [3.63, 3.8) is 0 Å². The van der Waals surface area contributed by atoms with Crippen molar-refractivity contribution in [1.29, 1.82) is 0 Å². The van der Waals surface area contributed by atoms with Crippen molar-refractivity contribution < 1.29 is 14.3 Å². The van der Waals surface area contributed by atoms with Gasteiger partial charge in [0.05, 0.1) is 12.7 Å². The third-order valence-electron chi connectivity index (χ3n) is 5.13. The summed E-state index contributed by atoms with van der Waals surface area (Å²) in [6.45, 7) is 2.88. The summed E-state index contributed by atoms with van der Waals surface area (Å²) in [5, 5.41) is 0. The van der Waals surface area contributed by atoms with Gasteiger partial charge in [0.1, 0.15) is 5.75 Å². The fourth-order valence-electron chi connectivity index (χ4n) is 3.83. The molecule has 4 nitrogen and oxygen atoms in total. The van der Waals surface area contributed by atoms with Gasteiger partial charge in [0, 0.05) is 24.8 Å². The van der Waals surface area contributed by atoms with Crippen LogP contribution in [0.3, 0.4) is 0 Å². The highest BCUT2D eigenvalue weighted by Gasteiger charge is 2.43. The molecule has 0 radical (unpaired) electrons. The van der Waals surface area contributed by atoms with Crippen LogP contribution in [0.15, 0.2) is 24.3 Å². The molecule has 1 aromatic carbocycles. The number of hydrogen-bond acceptors (Lipinski definition) is 3. The van der Waals surface area contributed by atoms with Crippen molar-refractivity contribution >= 4 is 5.91 Å². The summed E-state index contributed by atoms with van der Waals surface area (Å²) in [7, 11) is 1.78. The molecule has 0 aromatic heterocycles. The summed E-state index contributed by atoms with van der Waals surface area (Å²) in [6.07, 6.45) is 6.64. The van der Waals surface area contributed by atoms with Crippen LogP contribution in [0, 0.1) is 0 Å². The number of hydrogen-bond donors (Lipinski definition) is 0. The topological polar surface area (TPSA) is 38.8 Å². The van der Waals surface area contributed by atoms with Crippen molar-refractivity contribution in [2.24, 2.45) is 0 Å². The molecule has 2 aliphatic rings. The standard InChI is InChI=1S/C19H27NO3/c1-3-4-11-23-17-9-5-14(6-10-17)19(21)20-15-7-8-16(20)13-18(12-15)22-2/h5-6,9-10,15-16,18H,3-4,7-8,11-13H2,1-2H3. The van der Waals surface area contributed by atoms with Crippen molar-refractivity contribution in [3.05, 3.63) is 29.8 Å². The average molecular weight is 317 g/mol. The number of rotatable bonds is 6. The lowest BCUT2D eigenvalue weighted by atomic mass is 9.98. The zero-order valence-electron chi connectivity index (χ0n) is 14.2. The van der Waals surface area contributed by atoms with Crippen LogP contribution >= 0.6 is 0 Å². The second-order valence-corrected chi connectivity index (χ2v) is 6.65. The van der Waals surface area contributed by atoms with E-state index in [1.165, 1.54) is 0 Å². The minimum Gasteiger partial charge on any atom is -0.494 e. The summed E-state index contributed by atoms with van der Waals surface area (Å²) >= 11 is 0. The van der Waals surface area contributed by atoms with Crippen LogP contribution in [0.5, 0.6) is 5.75 Å². The monoisotopic (exact) mass is 317 g/mol. The molecule has 2 bridgehead atoms. The number of amides is 1. The Morgan fingerprint density at radius 3 is 2.39 bits per heavy atom. The smallest absolute Gasteiger partial charge is 0.254 e. The maximum Gasteiger partial charge on any atom is 0.254 e. The molecule has 2 unspecified atom stereocenters. The lowest BCUT2D eigenvalue weighted by Gasteiger charge is -2.38. The van der Waals surface area contributed by atoms with Gasteiger partial charge in [-0.1, -0.05) is 13.3 Å². The quantitative estimate of drug-likeness (QED) is 0.752. The maximum atomic E-state index is 12.9. The van der Waals surface area contributed by atoms with Gasteiger partial charge in [0.2, 0.25) is 0 Å². The number of piperidine rings is 1. The summed E-state index contributed by atoms with van der Waals surface area (Å²) in [5.74, 6) is 1.00. The van der Waals surface area contributed by atoms with Crippen molar-refractivity contribution in [2.45, 2.75) is 63.6 Å². The maximum absolute atomic E-state index is 12.9. The lowest BCUT2D eigenvalue weighted by Crippen LogP contribution is -2.48. The van der Waals surface area contributed by atoms with E-state index in [0.29, 0.717) is 18.2 Å². The Bertz CT molecular complexity index is 514. The molecule has 2 aliphatic heterocycles. The van der Waals surface area contributed by atoms with E-state index < -0.39 is 0 Å². The second-order valence-electron chi connectivity index (χ2n) is 6.65. The highest BCUT2D eigenvalue weighted by atomic mass is 16.5. The first-order valence-corrected chi connectivity index (χ1v) is 8.81. The normalized spacial score (nSPS) is 26.3. The Kier molecular flexibility index (Phi) is 5.21. The average Bonchev–Trinajstić information content (AvgIpc) is 2.85. The molecule has 0 N–H and O–H groups in total. The minimum absolute atomic E-state index is 0.159. The van der Waals surface area contributed by atoms with Gasteiger partial charge in [-0.25, -0.2) is 0 Å². The summed E-state index contributed by atoms with van der Waals surface area (Å²) < 4.78 is 11.2. The number of methoxy groups -OCH3 is 1. The van der Waals surface area contributed by atoms with Gasteiger partial charge in [0.25, 0.3) is 5.91 Å². The number of carbonyl (C=O) groups excluding carboxylic acids is 1. The van der Waals surface area contributed by atoms with Crippen LogP contribution in [0.25, 0.3) is 0 Å². The van der Waals surface area contributed by atoms with E-state index in [0.717, 1.165) is 56.4 Å². The molecule has 0 aliphatic carbocycles. The molecule has 2 atom stereocenters. The van der Waals surface area contributed by atoms with Crippen molar-refractivity contribution in [3.8, 4) is 5.75 Å². The van der Waals surface area contributed by atoms with Gasteiger partial charge in [-0.3, -0.25) is 4.79 Å². The predicted octanol–water partition coefficient (Wildman–Crippen LogP) is 3.65. The van der Waals surface area contributed by atoms with Crippen LogP contribution in [0.4, 0.5) is 0 Å². The predicted molar refractivity (Wildman–Crippen MR) is 89.9 cm³/mol. The Hall–Kier alpha value is -1.55. The highest BCUT2D eigenvalue weighted by Crippen LogP contribution is 2.37. The van der Waals surface area contributed by atoms with E-state index >= 15 is 0 Å². The molecule has 3 rings (SSSR count). The van der Waals surface area contributed by atoms with Crippen LogP contribution < -0.4 is 4.74 Å². The molecule has 0 spiro atoms. The number of unbranched alkanes of at least 4 members (excludes halogenated alkanes) is 1. The Labute approximate surface area is 138 Å². The third-order valence-corrected chi connectivity index (χ3v) is 5.13. The number of benzene rings is 1. The Morgan fingerprint density at radius 2 is 1.83 bits per heavy atom. The molecule has 2 fully saturated rings. The van der Waals surface area contributed by atoms with Crippen LogP contribution in [0.2, 0.25) is 0 Å². The molecule has 2 saturated heterocycles. The first-order valence-electron chi connectivity index (χ1n) is 8.81. The number of ether oxygens (including phenoxy) is 2. The van der Waals surface area contributed by atoms with Gasteiger partial charge in [0.15, 0.2) is 0 Å². The molecule has 4 heteroatoms. The van der Waals surface area contributed by atoms with Crippen molar-refractivity contribution in [1.82, 2.24) is 4.90 Å². The summed E-state index contributed by atoms with van der Waals surface area (Å²) in [4.78, 5) is 15.0. The van der Waals surface area contributed by atoms with Gasteiger partial charge < -0.3 is 14.4 Å². The molecule has 1 amide bonds.